The van der Waals surface area contributed by atoms with Crippen LogP contribution in [0.5, 0.6) is 0 Å². The van der Waals surface area contributed by atoms with Crippen LogP contribution in [0, 0.1) is 22.7 Å². The molecule has 0 amide bonds. The minimum absolute atomic E-state index is 0.000702. The van der Waals surface area contributed by atoms with E-state index >= 15 is 0 Å². The summed E-state index contributed by atoms with van der Waals surface area (Å²) in [5, 5.41) is 0. The summed E-state index contributed by atoms with van der Waals surface area (Å²) in [5.41, 5.74) is 1.76. The summed E-state index contributed by atoms with van der Waals surface area (Å²) in [5.74, 6) is 0.601. The van der Waals surface area contributed by atoms with Crippen molar-refractivity contribution in [2.24, 2.45) is 22.7 Å². The summed E-state index contributed by atoms with van der Waals surface area (Å²) in [6.45, 7) is 5.64. The van der Waals surface area contributed by atoms with Crippen LogP contribution in [0.25, 0.3) is 0 Å². The van der Waals surface area contributed by atoms with E-state index in [4.69, 9.17) is 9.47 Å². The molecule has 0 bridgehead atoms. The maximum Gasteiger partial charge on any atom is 0.303 e. The second-order valence-electron chi connectivity index (χ2n) is 9.78. The molecule has 1 heterocycles. The molecule has 0 aromatic heterocycles. The first-order chi connectivity index (χ1) is 13.2. The Bertz CT molecular complexity index is 853. The van der Waals surface area contributed by atoms with Crippen molar-refractivity contribution in [3.63, 3.8) is 0 Å². The highest BCUT2D eigenvalue weighted by Gasteiger charge is 2.79. The standard InChI is InChI=1S/C23H28O5/c1-13(24)27-12-19(26)23-20(28-23)11-18-16-5-4-14-10-15(25)6-8-21(14,2)17(16)7-9-22(18,23)3/h7,10,16,18,20H,4-6,8-9,11-12H2,1-3H3. The Morgan fingerprint density at radius 2 is 2.07 bits per heavy atom. The number of ketones is 2. The molecule has 1 aliphatic heterocycles. The van der Waals surface area contributed by atoms with Gasteiger partial charge in [0.1, 0.15) is 0 Å². The van der Waals surface area contributed by atoms with E-state index in [1.165, 1.54) is 18.1 Å². The lowest BCUT2D eigenvalue weighted by Crippen LogP contribution is -2.51. The van der Waals surface area contributed by atoms with Crippen molar-refractivity contribution in [2.75, 3.05) is 6.61 Å². The Morgan fingerprint density at radius 3 is 2.82 bits per heavy atom. The molecule has 28 heavy (non-hydrogen) atoms. The number of carbonyl (C=O) groups excluding carboxylic acids is 3. The lowest BCUT2D eigenvalue weighted by atomic mass is 9.50. The second-order valence-corrected chi connectivity index (χ2v) is 9.78. The van der Waals surface area contributed by atoms with Crippen LogP contribution >= 0.6 is 0 Å². The average molecular weight is 384 g/mol. The number of allylic oxidation sites excluding steroid dienone is 4. The Labute approximate surface area is 165 Å². The zero-order chi connectivity index (χ0) is 19.9. The van der Waals surface area contributed by atoms with Crippen molar-refractivity contribution in [2.45, 2.75) is 71.0 Å². The highest BCUT2D eigenvalue weighted by molar-refractivity contribution is 5.94. The lowest BCUT2D eigenvalue weighted by molar-refractivity contribution is -0.150. The third kappa shape index (κ3) is 2.14. The number of hydrogen-bond donors (Lipinski definition) is 0. The quantitative estimate of drug-likeness (QED) is 0.424. The maximum atomic E-state index is 13.0. The topological polar surface area (TPSA) is 73.0 Å². The Kier molecular flexibility index (Phi) is 3.69. The molecule has 0 aromatic carbocycles. The van der Waals surface area contributed by atoms with Gasteiger partial charge in [-0.1, -0.05) is 31.1 Å². The Morgan fingerprint density at radius 1 is 1.29 bits per heavy atom. The fraction of sp³-hybridized carbons (Fsp3) is 0.696. The van der Waals surface area contributed by atoms with E-state index in [-0.39, 0.29) is 35.1 Å². The summed E-state index contributed by atoms with van der Waals surface area (Å²) in [6, 6.07) is 0. The monoisotopic (exact) mass is 384 g/mol. The van der Waals surface area contributed by atoms with Crippen LogP contribution in [0.3, 0.4) is 0 Å². The van der Waals surface area contributed by atoms with E-state index in [0.29, 0.717) is 18.3 Å². The van der Waals surface area contributed by atoms with E-state index < -0.39 is 11.6 Å². The van der Waals surface area contributed by atoms with Gasteiger partial charge in [0.15, 0.2) is 18.0 Å². The molecule has 5 rings (SSSR count). The highest BCUT2D eigenvalue weighted by atomic mass is 16.6. The molecule has 2 saturated carbocycles. The van der Waals surface area contributed by atoms with Crippen molar-refractivity contribution in [1.29, 1.82) is 0 Å². The number of epoxide rings is 1. The van der Waals surface area contributed by atoms with Crippen molar-refractivity contribution < 1.29 is 23.9 Å². The first kappa shape index (κ1) is 18.3. The molecular weight excluding hydrogens is 356 g/mol. The van der Waals surface area contributed by atoms with Gasteiger partial charge < -0.3 is 9.47 Å². The maximum absolute atomic E-state index is 13.0. The normalized spacial score (nSPS) is 45.7. The molecule has 150 valence electrons. The van der Waals surface area contributed by atoms with Crippen LogP contribution < -0.4 is 0 Å². The van der Waals surface area contributed by atoms with E-state index in [9.17, 15) is 14.4 Å². The van der Waals surface area contributed by atoms with Gasteiger partial charge in [-0.25, -0.2) is 0 Å². The van der Waals surface area contributed by atoms with Crippen LogP contribution in [0.4, 0.5) is 0 Å². The van der Waals surface area contributed by atoms with Crippen LogP contribution in [-0.2, 0) is 23.9 Å². The van der Waals surface area contributed by atoms with Crippen LogP contribution in [-0.4, -0.2) is 35.8 Å². The number of ether oxygens (including phenoxy) is 2. The van der Waals surface area contributed by atoms with Gasteiger partial charge in [0, 0.05) is 24.2 Å². The van der Waals surface area contributed by atoms with Crippen molar-refractivity contribution in [3.8, 4) is 0 Å². The van der Waals surface area contributed by atoms with Gasteiger partial charge in [0.05, 0.1) is 6.10 Å². The first-order valence-electron chi connectivity index (χ1n) is 10.5. The molecule has 1 saturated heterocycles. The van der Waals surface area contributed by atoms with Gasteiger partial charge in [-0.15, -0.1) is 0 Å². The molecule has 4 aliphatic carbocycles. The number of esters is 1. The summed E-state index contributed by atoms with van der Waals surface area (Å²) >= 11 is 0. The van der Waals surface area contributed by atoms with E-state index in [1.807, 2.05) is 6.08 Å². The van der Waals surface area contributed by atoms with Crippen LogP contribution in [0.15, 0.2) is 23.3 Å². The molecule has 0 N–H and O–H groups in total. The van der Waals surface area contributed by atoms with Gasteiger partial charge in [-0.2, -0.15) is 0 Å². The smallest absolute Gasteiger partial charge is 0.303 e. The largest absolute Gasteiger partial charge is 0.458 e. The van der Waals surface area contributed by atoms with Crippen LogP contribution in [0.2, 0.25) is 0 Å². The molecule has 5 nitrogen and oxygen atoms in total. The molecule has 0 radical (unpaired) electrons. The third-order valence-electron chi connectivity index (χ3n) is 8.59. The molecule has 5 aliphatic rings. The molecule has 5 heteroatoms. The lowest BCUT2D eigenvalue weighted by Gasteiger charge is -2.53. The molecule has 6 unspecified atom stereocenters. The Balaban J connectivity index is 1.48. The average Bonchev–Trinajstić information content (AvgIpc) is 3.32. The summed E-state index contributed by atoms with van der Waals surface area (Å²) in [7, 11) is 0. The fourth-order valence-electron chi connectivity index (χ4n) is 7.05. The predicted molar refractivity (Wildman–Crippen MR) is 101 cm³/mol. The van der Waals surface area contributed by atoms with Gasteiger partial charge in [-0.05, 0) is 50.0 Å². The zero-order valence-corrected chi connectivity index (χ0v) is 16.9. The summed E-state index contributed by atoms with van der Waals surface area (Å²) in [4.78, 5) is 36.1. The zero-order valence-electron chi connectivity index (χ0n) is 16.9. The minimum atomic E-state index is -0.783. The van der Waals surface area contributed by atoms with E-state index in [1.54, 1.807) is 0 Å². The SMILES string of the molecule is CC(=O)OCC(=O)C12OC1CC1C3CCC4=CC(=O)CCC4(C)C3=CCC12C. The van der Waals surface area contributed by atoms with Crippen molar-refractivity contribution in [3.05, 3.63) is 23.3 Å². The molecule has 0 aromatic rings. The Hall–Kier alpha value is -1.75. The van der Waals surface area contributed by atoms with Gasteiger partial charge in [0.25, 0.3) is 0 Å². The molecular formula is C23H28O5. The number of carbonyl (C=O) groups is 3. The van der Waals surface area contributed by atoms with Gasteiger partial charge in [0.2, 0.25) is 5.78 Å². The first-order valence-corrected chi connectivity index (χ1v) is 10.5. The number of Topliss-reactive ketones (excluding diaryl/α,β-unsaturated/α-hetero) is 1. The summed E-state index contributed by atoms with van der Waals surface area (Å²) < 4.78 is 11.0. The van der Waals surface area contributed by atoms with Crippen molar-refractivity contribution in [1.82, 2.24) is 0 Å². The van der Waals surface area contributed by atoms with Gasteiger partial charge in [-0.3, -0.25) is 14.4 Å². The number of hydrogen-bond acceptors (Lipinski definition) is 5. The second kappa shape index (κ2) is 5.65. The number of rotatable bonds is 3. The van der Waals surface area contributed by atoms with E-state index in [2.05, 4.69) is 19.9 Å². The van der Waals surface area contributed by atoms with Gasteiger partial charge >= 0.3 is 5.97 Å². The third-order valence-corrected chi connectivity index (χ3v) is 8.59. The molecule has 3 fully saturated rings. The fourth-order valence-corrected chi connectivity index (χ4v) is 7.05. The minimum Gasteiger partial charge on any atom is -0.458 e. The predicted octanol–water partition coefficient (Wildman–Crippen LogP) is 3.32. The van der Waals surface area contributed by atoms with Crippen molar-refractivity contribution >= 4 is 17.5 Å². The highest BCUT2D eigenvalue weighted by Crippen LogP contribution is 2.72. The molecule has 6 atom stereocenters. The summed E-state index contributed by atoms with van der Waals surface area (Å²) in [6.07, 6.45) is 9.46. The van der Waals surface area contributed by atoms with Crippen LogP contribution in [0.1, 0.15) is 59.3 Å². The van der Waals surface area contributed by atoms with E-state index in [0.717, 1.165) is 32.1 Å². The molecule has 0 spiro atoms. The number of fused-ring (bicyclic) bond motifs is 7.